The molecule has 1 aromatic rings. The summed E-state index contributed by atoms with van der Waals surface area (Å²) in [5, 5.41) is 2.78. The maximum absolute atomic E-state index is 11.2. The smallest absolute Gasteiger partial charge is 0.248 e. The molecule has 0 aromatic heterocycles. The van der Waals surface area contributed by atoms with Gasteiger partial charge in [-0.25, -0.2) is 0 Å². The zero-order chi connectivity index (χ0) is 11.5. The maximum atomic E-state index is 11.2. The molecule has 1 unspecified atom stereocenters. The van der Waals surface area contributed by atoms with Crippen molar-refractivity contribution >= 4 is 11.8 Å². The van der Waals surface area contributed by atoms with Gasteiger partial charge in [0, 0.05) is 18.5 Å². The summed E-state index contributed by atoms with van der Waals surface area (Å²) in [7, 11) is 0. The largest absolute Gasteiger partial charge is 0.366 e. The van der Waals surface area contributed by atoms with Gasteiger partial charge in [0.1, 0.15) is 0 Å². The van der Waals surface area contributed by atoms with E-state index in [0.29, 0.717) is 18.5 Å². The normalized spacial score (nSPS) is 19.5. The number of benzene rings is 1. The van der Waals surface area contributed by atoms with E-state index in [-0.39, 0.29) is 11.8 Å². The van der Waals surface area contributed by atoms with E-state index < -0.39 is 5.91 Å². The summed E-state index contributed by atoms with van der Waals surface area (Å²) >= 11 is 0. The second kappa shape index (κ2) is 4.35. The summed E-state index contributed by atoms with van der Waals surface area (Å²) < 4.78 is 0. The highest BCUT2D eigenvalue weighted by molar-refractivity contribution is 5.94. The van der Waals surface area contributed by atoms with Gasteiger partial charge in [-0.1, -0.05) is 18.2 Å². The number of carbonyl (C=O) groups is 2. The topological polar surface area (TPSA) is 72.2 Å². The van der Waals surface area contributed by atoms with Crippen LogP contribution in [0.2, 0.25) is 0 Å². The molecule has 1 atom stereocenters. The summed E-state index contributed by atoms with van der Waals surface area (Å²) in [4.78, 5) is 22.3. The lowest BCUT2D eigenvalue weighted by molar-refractivity contribution is -0.119. The van der Waals surface area contributed by atoms with E-state index in [1.165, 1.54) is 0 Å². The van der Waals surface area contributed by atoms with Crippen LogP contribution in [0.1, 0.15) is 22.3 Å². The van der Waals surface area contributed by atoms with Crippen LogP contribution in [0.25, 0.3) is 0 Å². The van der Waals surface area contributed by atoms with Gasteiger partial charge in [-0.05, 0) is 24.0 Å². The van der Waals surface area contributed by atoms with Gasteiger partial charge in [0.05, 0.1) is 0 Å². The molecule has 1 aromatic carbocycles. The molecular formula is C12H14N2O2. The summed E-state index contributed by atoms with van der Waals surface area (Å²) in [6.07, 6.45) is 1.25. The van der Waals surface area contributed by atoms with Gasteiger partial charge >= 0.3 is 0 Å². The first-order valence-electron chi connectivity index (χ1n) is 5.31. The van der Waals surface area contributed by atoms with Crippen LogP contribution >= 0.6 is 0 Å². The van der Waals surface area contributed by atoms with Gasteiger partial charge in [0.25, 0.3) is 0 Å². The van der Waals surface area contributed by atoms with Crippen molar-refractivity contribution in [3.8, 4) is 0 Å². The summed E-state index contributed by atoms with van der Waals surface area (Å²) in [5.74, 6) is -0.0533. The molecule has 4 heteroatoms. The molecule has 1 saturated heterocycles. The first-order valence-corrected chi connectivity index (χ1v) is 5.31. The van der Waals surface area contributed by atoms with Crippen molar-refractivity contribution in [1.29, 1.82) is 0 Å². The van der Waals surface area contributed by atoms with E-state index in [1.807, 2.05) is 12.1 Å². The molecule has 16 heavy (non-hydrogen) atoms. The van der Waals surface area contributed by atoms with Crippen molar-refractivity contribution in [3.63, 3.8) is 0 Å². The highest BCUT2D eigenvalue weighted by atomic mass is 16.2. The van der Waals surface area contributed by atoms with Gasteiger partial charge in [-0.3, -0.25) is 9.59 Å². The fourth-order valence-electron chi connectivity index (χ4n) is 2.06. The fourth-order valence-corrected chi connectivity index (χ4v) is 2.06. The van der Waals surface area contributed by atoms with E-state index in [0.717, 1.165) is 12.0 Å². The Morgan fingerprint density at radius 3 is 2.81 bits per heavy atom. The van der Waals surface area contributed by atoms with E-state index >= 15 is 0 Å². The predicted octanol–water partition coefficient (Wildman–Crippen LogP) is 0.464. The van der Waals surface area contributed by atoms with Crippen LogP contribution in [0.4, 0.5) is 0 Å². The molecule has 84 valence electrons. The Hall–Kier alpha value is -1.84. The van der Waals surface area contributed by atoms with Crippen LogP contribution in [0, 0.1) is 5.92 Å². The highest BCUT2D eigenvalue weighted by Gasteiger charge is 2.22. The molecular weight excluding hydrogens is 204 g/mol. The monoisotopic (exact) mass is 218 g/mol. The zero-order valence-corrected chi connectivity index (χ0v) is 8.90. The van der Waals surface area contributed by atoms with Crippen LogP contribution in [0.5, 0.6) is 0 Å². The molecule has 4 nitrogen and oxygen atoms in total. The van der Waals surface area contributed by atoms with Crippen molar-refractivity contribution in [2.75, 3.05) is 6.54 Å². The van der Waals surface area contributed by atoms with E-state index in [1.54, 1.807) is 12.1 Å². The van der Waals surface area contributed by atoms with Crippen molar-refractivity contribution in [1.82, 2.24) is 5.32 Å². The molecule has 3 N–H and O–H groups in total. The molecule has 1 aliphatic rings. The fraction of sp³-hybridized carbons (Fsp3) is 0.333. The molecule has 0 spiro atoms. The van der Waals surface area contributed by atoms with Crippen LogP contribution in [0.3, 0.4) is 0 Å². The number of primary amides is 1. The molecule has 0 bridgehead atoms. The second-order valence-corrected chi connectivity index (χ2v) is 4.10. The Kier molecular flexibility index (Phi) is 2.90. The van der Waals surface area contributed by atoms with Gasteiger partial charge in [0.15, 0.2) is 0 Å². The van der Waals surface area contributed by atoms with Gasteiger partial charge < -0.3 is 11.1 Å². The maximum Gasteiger partial charge on any atom is 0.248 e. The third-order valence-corrected chi connectivity index (χ3v) is 2.85. The lowest BCUT2D eigenvalue weighted by Gasteiger charge is -2.10. The van der Waals surface area contributed by atoms with Crippen LogP contribution < -0.4 is 11.1 Å². The lowest BCUT2D eigenvalue weighted by Crippen LogP contribution is -2.17. The number of rotatable bonds is 3. The predicted molar refractivity (Wildman–Crippen MR) is 59.8 cm³/mol. The molecule has 0 radical (unpaired) electrons. The van der Waals surface area contributed by atoms with Gasteiger partial charge in [-0.15, -0.1) is 0 Å². The van der Waals surface area contributed by atoms with Crippen LogP contribution in [-0.2, 0) is 11.2 Å². The average molecular weight is 218 g/mol. The number of carbonyl (C=O) groups excluding carboxylic acids is 2. The molecule has 1 fully saturated rings. The Labute approximate surface area is 93.8 Å². The number of amides is 2. The quantitative estimate of drug-likeness (QED) is 0.773. The summed E-state index contributed by atoms with van der Waals surface area (Å²) in [6, 6.07) is 7.29. The zero-order valence-electron chi connectivity index (χ0n) is 8.90. The van der Waals surface area contributed by atoms with Crippen molar-refractivity contribution in [2.45, 2.75) is 12.8 Å². The Morgan fingerprint density at radius 1 is 1.44 bits per heavy atom. The van der Waals surface area contributed by atoms with Crippen molar-refractivity contribution in [2.24, 2.45) is 11.7 Å². The molecule has 1 heterocycles. The lowest BCUT2D eigenvalue weighted by atomic mass is 9.95. The molecule has 0 saturated carbocycles. The van der Waals surface area contributed by atoms with Crippen molar-refractivity contribution < 1.29 is 9.59 Å². The first kappa shape index (κ1) is 10.7. The molecule has 2 rings (SSSR count). The van der Waals surface area contributed by atoms with Gasteiger partial charge in [-0.2, -0.15) is 0 Å². The van der Waals surface area contributed by atoms with Crippen LogP contribution in [-0.4, -0.2) is 18.4 Å². The minimum atomic E-state index is -0.409. The summed E-state index contributed by atoms with van der Waals surface area (Å²) in [6.45, 7) is 0.686. The molecule has 0 aliphatic carbocycles. The first-order chi connectivity index (χ1) is 7.66. The third kappa shape index (κ3) is 2.21. The molecule has 2 amide bonds. The van der Waals surface area contributed by atoms with Crippen LogP contribution in [0.15, 0.2) is 24.3 Å². The van der Waals surface area contributed by atoms with Gasteiger partial charge in [0.2, 0.25) is 11.8 Å². The minimum absolute atomic E-state index is 0.0848. The minimum Gasteiger partial charge on any atom is -0.366 e. The number of nitrogens with one attached hydrogen (secondary N) is 1. The Balaban J connectivity index is 2.14. The number of hydrogen-bond donors (Lipinski definition) is 2. The standard InChI is InChI=1S/C12H14N2O2/c13-12(16)10-4-2-1-3-9(10)5-8-6-11(15)14-7-8/h1-4,8H,5-7H2,(H2,13,16)(H,14,15). The van der Waals surface area contributed by atoms with Crippen molar-refractivity contribution in [3.05, 3.63) is 35.4 Å². The highest BCUT2D eigenvalue weighted by Crippen LogP contribution is 2.18. The van der Waals surface area contributed by atoms with E-state index in [4.69, 9.17) is 5.73 Å². The average Bonchev–Trinajstić information content (AvgIpc) is 2.64. The Bertz CT molecular complexity index is 429. The number of nitrogens with two attached hydrogens (primary N) is 1. The third-order valence-electron chi connectivity index (χ3n) is 2.85. The second-order valence-electron chi connectivity index (χ2n) is 4.10. The van der Waals surface area contributed by atoms with E-state index in [2.05, 4.69) is 5.32 Å². The van der Waals surface area contributed by atoms with E-state index in [9.17, 15) is 9.59 Å². The Morgan fingerprint density at radius 2 is 2.19 bits per heavy atom. The molecule has 1 aliphatic heterocycles. The SMILES string of the molecule is NC(=O)c1ccccc1CC1CNC(=O)C1. The summed E-state index contributed by atoms with van der Waals surface area (Å²) in [5.41, 5.74) is 6.78. The number of hydrogen-bond acceptors (Lipinski definition) is 2.